The Labute approximate surface area is 118 Å². The Morgan fingerprint density at radius 1 is 0.789 bits per heavy atom. The highest BCUT2D eigenvalue weighted by Crippen LogP contribution is 2.53. The molecule has 1 atom stereocenters. The van der Waals surface area contributed by atoms with Crippen LogP contribution in [0.5, 0.6) is 0 Å². The molecule has 0 saturated heterocycles. The summed E-state index contributed by atoms with van der Waals surface area (Å²) in [4.78, 5) is 0. The quantitative estimate of drug-likeness (QED) is 0.795. The lowest BCUT2D eigenvalue weighted by Gasteiger charge is -2.55. The van der Waals surface area contributed by atoms with Crippen molar-refractivity contribution in [3.05, 3.63) is 0 Å². The first-order valence-corrected chi connectivity index (χ1v) is 9.05. The monoisotopic (exact) mass is 261 g/mol. The SMILES string of the molecule is C[C@H](NC1C2CC3CC(C2)CC1C3)C1CCCCC1. The smallest absolute Gasteiger partial charge is 0.0127 e. The molecule has 0 aromatic heterocycles. The molecule has 5 aliphatic carbocycles. The summed E-state index contributed by atoms with van der Waals surface area (Å²) in [5.41, 5.74) is 0. The van der Waals surface area contributed by atoms with E-state index in [2.05, 4.69) is 12.2 Å². The van der Waals surface area contributed by atoms with Crippen molar-refractivity contribution in [2.75, 3.05) is 0 Å². The largest absolute Gasteiger partial charge is 0.311 e. The van der Waals surface area contributed by atoms with Crippen LogP contribution in [0, 0.1) is 29.6 Å². The van der Waals surface area contributed by atoms with E-state index >= 15 is 0 Å². The Morgan fingerprint density at radius 2 is 1.37 bits per heavy atom. The van der Waals surface area contributed by atoms with E-state index in [1.807, 2.05) is 0 Å². The molecule has 0 aliphatic heterocycles. The Hall–Kier alpha value is -0.0400. The van der Waals surface area contributed by atoms with Gasteiger partial charge < -0.3 is 5.32 Å². The standard InChI is InChI=1S/C18H31N/c1-12(15-5-3-2-4-6-15)19-18-16-8-13-7-14(10-16)11-17(18)9-13/h12-19H,2-11H2,1H3/t12-,13?,14?,16?,17?,18?/m0/s1. The van der Waals surface area contributed by atoms with Crippen molar-refractivity contribution in [3.63, 3.8) is 0 Å². The van der Waals surface area contributed by atoms with Gasteiger partial charge in [0, 0.05) is 12.1 Å². The van der Waals surface area contributed by atoms with Crippen LogP contribution in [0.2, 0.25) is 0 Å². The zero-order valence-corrected chi connectivity index (χ0v) is 12.6. The third kappa shape index (κ3) is 2.37. The van der Waals surface area contributed by atoms with Gasteiger partial charge in [0.15, 0.2) is 0 Å². The Kier molecular flexibility index (Phi) is 3.38. The molecule has 108 valence electrons. The van der Waals surface area contributed by atoms with E-state index in [1.54, 1.807) is 32.1 Å². The predicted molar refractivity (Wildman–Crippen MR) is 80.0 cm³/mol. The van der Waals surface area contributed by atoms with E-state index in [0.29, 0.717) is 0 Å². The van der Waals surface area contributed by atoms with Crippen LogP contribution in [0.4, 0.5) is 0 Å². The maximum atomic E-state index is 4.13. The van der Waals surface area contributed by atoms with Crippen LogP contribution in [-0.4, -0.2) is 12.1 Å². The zero-order chi connectivity index (χ0) is 12.8. The number of rotatable bonds is 3. The molecular formula is C18H31N. The van der Waals surface area contributed by atoms with E-state index in [4.69, 9.17) is 0 Å². The molecule has 0 radical (unpaired) electrons. The molecule has 0 aromatic rings. The van der Waals surface area contributed by atoms with Crippen molar-refractivity contribution in [2.45, 2.75) is 83.2 Å². The molecule has 0 aromatic carbocycles. The Morgan fingerprint density at radius 3 is 1.95 bits per heavy atom. The third-order valence-corrected chi connectivity index (χ3v) is 7.04. The molecular weight excluding hydrogens is 230 g/mol. The van der Waals surface area contributed by atoms with Crippen LogP contribution in [0.3, 0.4) is 0 Å². The molecule has 5 aliphatic rings. The Bertz CT molecular complexity index is 290. The van der Waals surface area contributed by atoms with Crippen molar-refractivity contribution in [1.82, 2.24) is 5.32 Å². The minimum absolute atomic E-state index is 0.780. The van der Waals surface area contributed by atoms with Crippen LogP contribution in [-0.2, 0) is 0 Å². The fourth-order valence-electron chi connectivity index (χ4n) is 6.27. The highest BCUT2D eigenvalue weighted by atomic mass is 15.0. The molecule has 19 heavy (non-hydrogen) atoms. The summed E-state index contributed by atoms with van der Waals surface area (Å²) in [6.07, 6.45) is 15.2. The van der Waals surface area contributed by atoms with Gasteiger partial charge in [-0.05, 0) is 81.5 Å². The third-order valence-electron chi connectivity index (χ3n) is 7.04. The van der Waals surface area contributed by atoms with Crippen LogP contribution in [0.15, 0.2) is 0 Å². The molecule has 5 saturated carbocycles. The van der Waals surface area contributed by atoms with Gasteiger partial charge in [0.05, 0.1) is 0 Å². The molecule has 0 unspecified atom stereocenters. The topological polar surface area (TPSA) is 12.0 Å². The molecule has 1 heteroatoms. The second-order valence-electron chi connectivity index (χ2n) is 8.31. The lowest BCUT2D eigenvalue weighted by atomic mass is 9.54. The summed E-state index contributed by atoms with van der Waals surface area (Å²) in [5.74, 6) is 5.30. The Balaban J connectivity index is 1.39. The van der Waals surface area contributed by atoms with Crippen LogP contribution >= 0.6 is 0 Å². The fourth-order valence-corrected chi connectivity index (χ4v) is 6.27. The van der Waals surface area contributed by atoms with Gasteiger partial charge in [-0.2, -0.15) is 0 Å². The maximum absolute atomic E-state index is 4.13. The lowest BCUT2D eigenvalue weighted by Crippen LogP contribution is -2.57. The van der Waals surface area contributed by atoms with E-state index in [-0.39, 0.29) is 0 Å². The average Bonchev–Trinajstić information content (AvgIpc) is 2.43. The zero-order valence-electron chi connectivity index (χ0n) is 12.6. The maximum Gasteiger partial charge on any atom is 0.0127 e. The van der Waals surface area contributed by atoms with Gasteiger partial charge in [-0.15, -0.1) is 0 Å². The predicted octanol–water partition coefficient (Wildman–Crippen LogP) is 4.37. The van der Waals surface area contributed by atoms with Gasteiger partial charge in [-0.3, -0.25) is 0 Å². The minimum Gasteiger partial charge on any atom is -0.311 e. The summed E-state index contributed by atoms with van der Waals surface area (Å²) < 4.78 is 0. The molecule has 1 N–H and O–H groups in total. The van der Waals surface area contributed by atoms with E-state index < -0.39 is 0 Å². The normalized spacial score (nSPS) is 47.5. The highest BCUT2D eigenvalue weighted by Gasteiger charge is 2.48. The fraction of sp³-hybridized carbons (Fsp3) is 1.00. The summed E-state index contributed by atoms with van der Waals surface area (Å²) >= 11 is 0. The van der Waals surface area contributed by atoms with Gasteiger partial charge >= 0.3 is 0 Å². The second kappa shape index (κ2) is 5.06. The molecule has 4 bridgehead atoms. The van der Waals surface area contributed by atoms with Gasteiger partial charge in [0.1, 0.15) is 0 Å². The first kappa shape index (κ1) is 12.7. The van der Waals surface area contributed by atoms with Crippen molar-refractivity contribution in [1.29, 1.82) is 0 Å². The van der Waals surface area contributed by atoms with Crippen molar-refractivity contribution < 1.29 is 0 Å². The number of hydrogen-bond donors (Lipinski definition) is 1. The van der Waals surface area contributed by atoms with E-state index in [0.717, 1.165) is 41.7 Å². The van der Waals surface area contributed by atoms with E-state index in [1.165, 1.54) is 32.1 Å². The molecule has 0 spiro atoms. The van der Waals surface area contributed by atoms with Gasteiger partial charge in [0.25, 0.3) is 0 Å². The van der Waals surface area contributed by atoms with E-state index in [9.17, 15) is 0 Å². The summed E-state index contributed by atoms with van der Waals surface area (Å²) in [6, 6.07) is 1.67. The van der Waals surface area contributed by atoms with Gasteiger partial charge in [-0.1, -0.05) is 19.3 Å². The molecule has 0 heterocycles. The lowest BCUT2D eigenvalue weighted by molar-refractivity contribution is -0.0202. The van der Waals surface area contributed by atoms with Crippen molar-refractivity contribution >= 4 is 0 Å². The van der Waals surface area contributed by atoms with Gasteiger partial charge in [-0.25, -0.2) is 0 Å². The van der Waals surface area contributed by atoms with Crippen molar-refractivity contribution in [2.24, 2.45) is 29.6 Å². The van der Waals surface area contributed by atoms with Crippen LogP contribution < -0.4 is 5.32 Å². The average molecular weight is 261 g/mol. The summed E-state index contributed by atoms with van der Waals surface area (Å²) in [6.45, 7) is 2.49. The molecule has 1 nitrogen and oxygen atoms in total. The summed E-state index contributed by atoms with van der Waals surface area (Å²) in [7, 11) is 0. The highest BCUT2D eigenvalue weighted by molar-refractivity contribution is 5.02. The second-order valence-corrected chi connectivity index (χ2v) is 8.31. The van der Waals surface area contributed by atoms with Crippen LogP contribution in [0.25, 0.3) is 0 Å². The molecule has 5 fully saturated rings. The van der Waals surface area contributed by atoms with Crippen LogP contribution in [0.1, 0.15) is 71.1 Å². The first-order chi connectivity index (χ1) is 9.29. The number of nitrogens with one attached hydrogen (secondary N) is 1. The van der Waals surface area contributed by atoms with Gasteiger partial charge in [0.2, 0.25) is 0 Å². The number of hydrogen-bond acceptors (Lipinski definition) is 1. The minimum atomic E-state index is 0.780. The first-order valence-electron chi connectivity index (χ1n) is 9.05. The molecule has 5 rings (SSSR count). The summed E-state index contributed by atoms with van der Waals surface area (Å²) in [5, 5.41) is 4.13. The van der Waals surface area contributed by atoms with Crippen molar-refractivity contribution in [3.8, 4) is 0 Å². The molecule has 0 amide bonds.